The molecule has 0 aliphatic heterocycles. The highest BCUT2D eigenvalue weighted by molar-refractivity contribution is 5.71. The van der Waals surface area contributed by atoms with Gasteiger partial charge < -0.3 is 20.5 Å². The molecule has 1 aromatic rings. The number of rotatable bonds is 5. The molecule has 1 rings (SSSR count). The maximum Gasteiger partial charge on any atom is 0.412 e. The summed E-state index contributed by atoms with van der Waals surface area (Å²) < 4.78 is 10.1. The van der Waals surface area contributed by atoms with Crippen LogP contribution in [-0.4, -0.2) is 26.3 Å². The lowest BCUT2D eigenvalue weighted by molar-refractivity contribution is 0.198. The van der Waals surface area contributed by atoms with Crippen molar-refractivity contribution in [3.63, 3.8) is 0 Å². The lowest BCUT2D eigenvalue weighted by Crippen LogP contribution is -2.28. The normalized spacial score (nSPS) is 9.62. The van der Waals surface area contributed by atoms with Gasteiger partial charge in [-0.05, 0) is 25.1 Å². The number of amides is 1. The molecule has 0 unspecified atom stereocenters. The van der Waals surface area contributed by atoms with Gasteiger partial charge in [0.25, 0.3) is 0 Å². The molecule has 0 aliphatic carbocycles. The number of ether oxygens (including phenoxy) is 2. The van der Waals surface area contributed by atoms with E-state index in [2.05, 4.69) is 5.32 Å². The summed E-state index contributed by atoms with van der Waals surface area (Å²) >= 11 is 0. The average Bonchev–Trinajstić information content (AvgIpc) is 2.30. The Morgan fingerprint density at radius 2 is 2.06 bits per heavy atom. The van der Waals surface area contributed by atoms with E-state index in [4.69, 9.17) is 15.2 Å². The van der Waals surface area contributed by atoms with E-state index in [0.29, 0.717) is 24.6 Å². The van der Waals surface area contributed by atoms with Crippen molar-refractivity contribution < 1.29 is 14.3 Å². The van der Waals surface area contributed by atoms with Crippen molar-refractivity contribution in [2.45, 2.75) is 6.42 Å². The highest BCUT2D eigenvalue weighted by Crippen LogP contribution is 2.25. The zero-order chi connectivity index (χ0) is 11.8. The van der Waals surface area contributed by atoms with Crippen molar-refractivity contribution in [3.8, 4) is 11.5 Å². The number of nitrogens with one attached hydrogen (secondary N) is 1. The van der Waals surface area contributed by atoms with Crippen LogP contribution < -0.4 is 20.5 Å². The summed E-state index contributed by atoms with van der Waals surface area (Å²) in [6, 6.07) is 6.97. The molecule has 0 saturated heterocycles. The van der Waals surface area contributed by atoms with Crippen molar-refractivity contribution in [3.05, 3.63) is 24.3 Å². The van der Waals surface area contributed by atoms with E-state index in [0.717, 1.165) is 6.42 Å². The predicted molar refractivity (Wildman–Crippen MR) is 60.7 cm³/mol. The zero-order valence-electron chi connectivity index (χ0n) is 9.23. The van der Waals surface area contributed by atoms with Crippen molar-refractivity contribution in [2.75, 3.05) is 20.2 Å². The predicted octanol–water partition coefficient (Wildman–Crippen LogP) is 1.13. The highest BCUT2D eigenvalue weighted by atomic mass is 16.6. The summed E-state index contributed by atoms with van der Waals surface area (Å²) in [5.41, 5.74) is 5.30. The molecule has 0 heterocycles. The Kier molecular flexibility index (Phi) is 5.15. The lowest BCUT2D eigenvalue weighted by Gasteiger charge is -2.09. The minimum absolute atomic E-state index is 0.398. The number of benzene rings is 1. The van der Waals surface area contributed by atoms with Gasteiger partial charge in [-0.15, -0.1) is 0 Å². The minimum Gasteiger partial charge on any atom is -0.493 e. The summed E-state index contributed by atoms with van der Waals surface area (Å²) in [5, 5.41) is 2.59. The van der Waals surface area contributed by atoms with Gasteiger partial charge in [-0.3, -0.25) is 0 Å². The molecule has 0 aromatic heterocycles. The van der Waals surface area contributed by atoms with Crippen LogP contribution in [0.1, 0.15) is 6.42 Å². The Balaban J connectivity index is 2.49. The van der Waals surface area contributed by atoms with Gasteiger partial charge in [0.05, 0.1) is 7.11 Å². The van der Waals surface area contributed by atoms with E-state index in [1.54, 1.807) is 24.3 Å². The highest BCUT2D eigenvalue weighted by Gasteiger charge is 2.07. The second-order valence-corrected chi connectivity index (χ2v) is 3.11. The first-order chi connectivity index (χ1) is 7.77. The summed E-state index contributed by atoms with van der Waals surface area (Å²) in [6.45, 7) is 1.04. The van der Waals surface area contributed by atoms with Gasteiger partial charge in [0.1, 0.15) is 0 Å². The Hall–Kier alpha value is -1.75. The molecule has 0 aliphatic rings. The molecule has 3 N–H and O–H groups in total. The summed E-state index contributed by atoms with van der Waals surface area (Å²) in [4.78, 5) is 11.3. The van der Waals surface area contributed by atoms with Crippen LogP contribution in [0.25, 0.3) is 0 Å². The first-order valence-electron chi connectivity index (χ1n) is 5.06. The molecule has 0 bridgehead atoms. The van der Waals surface area contributed by atoms with Crippen LogP contribution in [-0.2, 0) is 0 Å². The molecule has 0 spiro atoms. The number of carbonyl (C=O) groups excluding carboxylic acids is 1. The Morgan fingerprint density at radius 1 is 1.38 bits per heavy atom. The van der Waals surface area contributed by atoms with E-state index in [9.17, 15) is 4.79 Å². The quantitative estimate of drug-likeness (QED) is 0.735. The van der Waals surface area contributed by atoms with Gasteiger partial charge in [-0.25, -0.2) is 4.79 Å². The molecular formula is C11H16N2O3. The number of nitrogens with two attached hydrogens (primary N) is 1. The monoisotopic (exact) mass is 224 g/mol. The molecule has 0 radical (unpaired) electrons. The zero-order valence-corrected chi connectivity index (χ0v) is 9.23. The van der Waals surface area contributed by atoms with Gasteiger partial charge in [0, 0.05) is 6.54 Å². The van der Waals surface area contributed by atoms with Crippen molar-refractivity contribution in [1.29, 1.82) is 0 Å². The number of carbonyl (C=O) groups is 1. The standard InChI is InChI=1S/C11H16N2O3/c1-15-9-5-2-3-6-10(9)16-11(14)13-8-4-7-12/h2-3,5-6H,4,7-8,12H2,1H3,(H,13,14). The van der Waals surface area contributed by atoms with Crippen LogP contribution >= 0.6 is 0 Å². The third-order valence-corrected chi connectivity index (χ3v) is 1.92. The fourth-order valence-electron chi connectivity index (χ4n) is 1.13. The second kappa shape index (κ2) is 6.68. The van der Waals surface area contributed by atoms with Crippen molar-refractivity contribution in [1.82, 2.24) is 5.32 Å². The lowest BCUT2D eigenvalue weighted by atomic mass is 10.3. The molecule has 0 fully saturated rings. The topological polar surface area (TPSA) is 73.6 Å². The molecule has 0 atom stereocenters. The largest absolute Gasteiger partial charge is 0.493 e. The molecule has 1 aromatic carbocycles. The SMILES string of the molecule is COc1ccccc1OC(=O)NCCCN. The van der Waals surface area contributed by atoms with Crippen LogP contribution in [0, 0.1) is 0 Å². The van der Waals surface area contributed by atoms with Gasteiger partial charge in [-0.2, -0.15) is 0 Å². The summed E-state index contributed by atoms with van der Waals surface area (Å²) in [6.07, 6.45) is 0.221. The molecule has 0 saturated carbocycles. The van der Waals surface area contributed by atoms with Crippen LogP contribution in [0.2, 0.25) is 0 Å². The number of hydrogen-bond donors (Lipinski definition) is 2. The van der Waals surface area contributed by atoms with E-state index in [1.165, 1.54) is 7.11 Å². The third kappa shape index (κ3) is 3.78. The first-order valence-corrected chi connectivity index (χ1v) is 5.06. The molecule has 88 valence electrons. The molecule has 16 heavy (non-hydrogen) atoms. The van der Waals surface area contributed by atoms with E-state index < -0.39 is 6.09 Å². The number of methoxy groups -OCH3 is 1. The molecule has 5 nitrogen and oxygen atoms in total. The number of para-hydroxylation sites is 2. The number of hydrogen-bond acceptors (Lipinski definition) is 4. The fraction of sp³-hybridized carbons (Fsp3) is 0.364. The Labute approximate surface area is 94.5 Å². The van der Waals surface area contributed by atoms with Gasteiger partial charge in [0.15, 0.2) is 11.5 Å². The van der Waals surface area contributed by atoms with Crippen LogP contribution in [0.15, 0.2) is 24.3 Å². The van der Waals surface area contributed by atoms with E-state index >= 15 is 0 Å². The van der Waals surface area contributed by atoms with Crippen LogP contribution in [0.3, 0.4) is 0 Å². The minimum atomic E-state index is -0.502. The average molecular weight is 224 g/mol. The summed E-state index contributed by atoms with van der Waals surface area (Å²) in [7, 11) is 1.52. The Bertz CT molecular complexity index is 342. The Morgan fingerprint density at radius 3 is 2.69 bits per heavy atom. The molecule has 1 amide bonds. The van der Waals surface area contributed by atoms with Gasteiger partial charge in [-0.1, -0.05) is 12.1 Å². The third-order valence-electron chi connectivity index (χ3n) is 1.92. The maximum absolute atomic E-state index is 11.3. The van der Waals surface area contributed by atoms with E-state index in [1.807, 2.05) is 0 Å². The molecule has 5 heteroatoms. The van der Waals surface area contributed by atoms with E-state index in [-0.39, 0.29) is 0 Å². The summed E-state index contributed by atoms with van der Waals surface area (Å²) in [5.74, 6) is 0.923. The van der Waals surface area contributed by atoms with Crippen molar-refractivity contribution >= 4 is 6.09 Å². The fourth-order valence-corrected chi connectivity index (χ4v) is 1.13. The van der Waals surface area contributed by atoms with Crippen LogP contribution in [0.4, 0.5) is 4.79 Å². The van der Waals surface area contributed by atoms with Gasteiger partial charge in [0.2, 0.25) is 0 Å². The van der Waals surface area contributed by atoms with Crippen LogP contribution in [0.5, 0.6) is 11.5 Å². The smallest absolute Gasteiger partial charge is 0.412 e. The van der Waals surface area contributed by atoms with Gasteiger partial charge >= 0.3 is 6.09 Å². The molecular weight excluding hydrogens is 208 g/mol. The maximum atomic E-state index is 11.3. The second-order valence-electron chi connectivity index (χ2n) is 3.11. The van der Waals surface area contributed by atoms with Crippen molar-refractivity contribution in [2.24, 2.45) is 5.73 Å². The first kappa shape index (κ1) is 12.3.